The lowest BCUT2D eigenvalue weighted by molar-refractivity contribution is -0.134. The minimum absolute atomic E-state index is 0.0811. The zero-order chi connectivity index (χ0) is 17.6. The molecule has 0 radical (unpaired) electrons. The van der Waals surface area contributed by atoms with Gasteiger partial charge in [-0.25, -0.2) is 0 Å². The van der Waals surface area contributed by atoms with Crippen LogP contribution < -0.4 is 11.1 Å². The van der Waals surface area contributed by atoms with Crippen molar-refractivity contribution in [3.8, 4) is 0 Å². The molecule has 130 valence electrons. The molecule has 25 heavy (non-hydrogen) atoms. The van der Waals surface area contributed by atoms with E-state index in [1.54, 1.807) is 29.2 Å². The monoisotopic (exact) mass is 337 g/mol. The fraction of sp³-hybridized carbons (Fsp3) is 0.300. The van der Waals surface area contributed by atoms with Crippen molar-refractivity contribution in [2.24, 2.45) is 5.73 Å². The third kappa shape index (κ3) is 4.25. The van der Waals surface area contributed by atoms with Crippen LogP contribution in [-0.2, 0) is 4.79 Å². The quantitative estimate of drug-likeness (QED) is 0.897. The van der Waals surface area contributed by atoms with Gasteiger partial charge in [-0.15, -0.1) is 0 Å². The summed E-state index contributed by atoms with van der Waals surface area (Å²) >= 11 is 0. The molecule has 2 amide bonds. The average molecular weight is 337 g/mol. The molecule has 0 saturated carbocycles. The zero-order valence-electron chi connectivity index (χ0n) is 14.1. The molecule has 1 aliphatic rings. The second kappa shape index (κ2) is 7.94. The average Bonchev–Trinajstić information content (AvgIpc) is 2.67. The topological polar surface area (TPSA) is 75.4 Å². The number of nitrogens with zero attached hydrogens (tertiary/aromatic N) is 1. The third-order valence-corrected chi connectivity index (χ3v) is 4.54. The van der Waals surface area contributed by atoms with E-state index in [4.69, 9.17) is 5.73 Å². The fourth-order valence-corrected chi connectivity index (χ4v) is 3.04. The van der Waals surface area contributed by atoms with Crippen molar-refractivity contribution in [2.45, 2.75) is 24.9 Å². The summed E-state index contributed by atoms with van der Waals surface area (Å²) in [6, 6.07) is 17.8. The Bertz CT molecular complexity index is 710. The summed E-state index contributed by atoms with van der Waals surface area (Å²) in [4.78, 5) is 27.4. The first-order valence-electron chi connectivity index (χ1n) is 8.60. The van der Waals surface area contributed by atoms with Crippen LogP contribution in [0.2, 0.25) is 0 Å². The van der Waals surface area contributed by atoms with Gasteiger partial charge in [0.15, 0.2) is 0 Å². The molecule has 3 N–H and O–H groups in total. The van der Waals surface area contributed by atoms with Gasteiger partial charge in [-0.2, -0.15) is 0 Å². The Morgan fingerprint density at radius 1 is 0.960 bits per heavy atom. The Hall–Kier alpha value is -2.66. The molecule has 0 aliphatic carbocycles. The predicted octanol–water partition coefficient (Wildman–Crippen LogP) is 2.11. The summed E-state index contributed by atoms with van der Waals surface area (Å²) in [7, 11) is 0. The van der Waals surface area contributed by atoms with Gasteiger partial charge in [0, 0.05) is 24.7 Å². The molecule has 1 unspecified atom stereocenters. The number of carbonyl (C=O) groups excluding carboxylic acids is 2. The Kier molecular flexibility index (Phi) is 5.46. The number of carbonyl (C=O) groups is 2. The van der Waals surface area contributed by atoms with E-state index in [1.165, 1.54) is 0 Å². The van der Waals surface area contributed by atoms with Crippen LogP contribution in [0.5, 0.6) is 0 Å². The number of likely N-dealkylation sites (tertiary alicyclic amines) is 1. The van der Waals surface area contributed by atoms with E-state index in [0.29, 0.717) is 18.7 Å². The smallest absolute Gasteiger partial charge is 0.252 e. The lowest BCUT2D eigenvalue weighted by Crippen LogP contribution is -2.48. The number of hydrogen-bond acceptors (Lipinski definition) is 3. The third-order valence-electron chi connectivity index (χ3n) is 4.54. The van der Waals surface area contributed by atoms with Gasteiger partial charge in [0.05, 0.1) is 0 Å². The summed E-state index contributed by atoms with van der Waals surface area (Å²) < 4.78 is 0. The molecule has 2 aromatic rings. The first-order chi connectivity index (χ1) is 12.1. The van der Waals surface area contributed by atoms with E-state index in [1.807, 2.05) is 36.4 Å². The van der Waals surface area contributed by atoms with Gasteiger partial charge in [0.25, 0.3) is 5.91 Å². The van der Waals surface area contributed by atoms with Crippen molar-refractivity contribution in [1.29, 1.82) is 0 Å². The molecule has 5 nitrogen and oxygen atoms in total. The molecular formula is C20H23N3O2. The molecule has 2 aromatic carbocycles. The summed E-state index contributed by atoms with van der Waals surface area (Å²) in [5.41, 5.74) is 7.26. The Morgan fingerprint density at radius 3 is 2.12 bits per heavy atom. The predicted molar refractivity (Wildman–Crippen MR) is 96.9 cm³/mol. The molecule has 1 heterocycles. The molecule has 1 fully saturated rings. The first kappa shape index (κ1) is 17.2. The zero-order valence-corrected chi connectivity index (χ0v) is 14.1. The SMILES string of the molecule is NC1CCN(C(=O)C(NC(=O)c2ccccc2)c2ccccc2)CC1. The number of nitrogens with one attached hydrogen (secondary N) is 1. The van der Waals surface area contributed by atoms with Crippen LogP contribution in [0.1, 0.15) is 34.8 Å². The van der Waals surface area contributed by atoms with Crippen LogP contribution in [0.15, 0.2) is 60.7 Å². The lowest BCUT2D eigenvalue weighted by Gasteiger charge is -2.33. The van der Waals surface area contributed by atoms with Crippen molar-refractivity contribution in [1.82, 2.24) is 10.2 Å². The molecule has 1 saturated heterocycles. The van der Waals surface area contributed by atoms with Crippen LogP contribution in [0.4, 0.5) is 0 Å². The van der Waals surface area contributed by atoms with Crippen LogP contribution in [0, 0.1) is 0 Å². The summed E-state index contributed by atoms with van der Waals surface area (Å²) in [5, 5.41) is 2.90. The molecule has 3 rings (SSSR count). The summed E-state index contributed by atoms with van der Waals surface area (Å²) in [6.45, 7) is 1.26. The maximum atomic E-state index is 13.0. The Labute approximate surface area is 147 Å². The number of benzene rings is 2. The van der Waals surface area contributed by atoms with E-state index >= 15 is 0 Å². The molecular weight excluding hydrogens is 314 g/mol. The van der Waals surface area contributed by atoms with Crippen molar-refractivity contribution >= 4 is 11.8 Å². The lowest BCUT2D eigenvalue weighted by atomic mass is 10.0. The maximum absolute atomic E-state index is 13.0. The molecule has 1 atom stereocenters. The number of piperidine rings is 1. The van der Waals surface area contributed by atoms with Crippen LogP contribution >= 0.6 is 0 Å². The molecule has 1 aliphatic heterocycles. The minimum Gasteiger partial charge on any atom is -0.340 e. The van der Waals surface area contributed by atoms with Gasteiger partial charge in [-0.3, -0.25) is 9.59 Å². The number of nitrogens with two attached hydrogens (primary N) is 1. The van der Waals surface area contributed by atoms with Gasteiger partial charge in [0.1, 0.15) is 6.04 Å². The highest BCUT2D eigenvalue weighted by molar-refractivity contribution is 5.97. The van der Waals surface area contributed by atoms with Crippen LogP contribution in [-0.4, -0.2) is 35.8 Å². The van der Waals surface area contributed by atoms with E-state index in [-0.39, 0.29) is 17.9 Å². The highest BCUT2D eigenvalue weighted by atomic mass is 16.2. The van der Waals surface area contributed by atoms with Gasteiger partial charge in [-0.05, 0) is 30.5 Å². The molecule has 0 spiro atoms. The van der Waals surface area contributed by atoms with Gasteiger partial charge in [0.2, 0.25) is 5.91 Å². The standard InChI is InChI=1S/C20H23N3O2/c21-17-11-13-23(14-12-17)20(25)18(15-7-3-1-4-8-15)22-19(24)16-9-5-2-6-10-16/h1-10,17-18H,11-14,21H2,(H,22,24). The van der Waals surface area contributed by atoms with Crippen molar-refractivity contribution in [2.75, 3.05) is 13.1 Å². The van der Waals surface area contributed by atoms with Crippen LogP contribution in [0.3, 0.4) is 0 Å². The minimum atomic E-state index is -0.691. The van der Waals surface area contributed by atoms with Crippen LogP contribution in [0.25, 0.3) is 0 Å². The number of rotatable bonds is 4. The van der Waals surface area contributed by atoms with E-state index in [2.05, 4.69) is 5.32 Å². The highest BCUT2D eigenvalue weighted by Crippen LogP contribution is 2.19. The van der Waals surface area contributed by atoms with Gasteiger partial charge < -0.3 is 16.0 Å². The maximum Gasteiger partial charge on any atom is 0.252 e. The summed E-state index contributed by atoms with van der Waals surface area (Å²) in [5.74, 6) is -0.334. The molecule has 0 bridgehead atoms. The van der Waals surface area contributed by atoms with E-state index < -0.39 is 6.04 Å². The van der Waals surface area contributed by atoms with Gasteiger partial charge >= 0.3 is 0 Å². The molecule has 5 heteroatoms. The van der Waals surface area contributed by atoms with Crippen molar-refractivity contribution in [3.05, 3.63) is 71.8 Å². The second-order valence-electron chi connectivity index (χ2n) is 6.35. The van der Waals surface area contributed by atoms with Gasteiger partial charge in [-0.1, -0.05) is 48.5 Å². The number of hydrogen-bond donors (Lipinski definition) is 2. The molecule has 0 aromatic heterocycles. The van der Waals surface area contributed by atoms with E-state index in [0.717, 1.165) is 18.4 Å². The largest absolute Gasteiger partial charge is 0.340 e. The second-order valence-corrected chi connectivity index (χ2v) is 6.35. The summed E-state index contributed by atoms with van der Waals surface area (Å²) in [6.07, 6.45) is 1.58. The fourth-order valence-electron chi connectivity index (χ4n) is 3.04. The van der Waals surface area contributed by atoms with Crippen molar-refractivity contribution in [3.63, 3.8) is 0 Å². The normalized spacial score (nSPS) is 16.3. The Morgan fingerprint density at radius 2 is 1.52 bits per heavy atom. The highest BCUT2D eigenvalue weighted by Gasteiger charge is 2.29. The van der Waals surface area contributed by atoms with Crippen molar-refractivity contribution < 1.29 is 9.59 Å². The number of amides is 2. The van der Waals surface area contributed by atoms with E-state index in [9.17, 15) is 9.59 Å². The Balaban J connectivity index is 1.80. The first-order valence-corrected chi connectivity index (χ1v) is 8.60.